The Labute approximate surface area is 192 Å². The molecular weight excluding hydrogens is 447 g/mol. The number of nitrogens with zero attached hydrogens (tertiary/aromatic N) is 4. The summed E-state index contributed by atoms with van der Waals surface area (Å²) in [7, 11) is 0. The molecule has 0 radical (unpaired) electrons. The molecule has 0 fully saturated rings. The maximum atomic E-state index is 9.99. The zero-order valence-corrected chi connectivity index (χ0v) is 17.9. The van der Waals surface area contributed by atoms with E-state index in [2.05, 4.69) is 10.1 Å². The van der Waals surface area contributed by atoms with Crippen LogP contribution in [-0.4, -0.2) is 24.7 Å². The van der Waals surface area contributed by atoms with Gasteiger partial charge in [-0.3, -0.25) is 0 Å². The first-order valence-electron chi connectivity index (χ1n) is 9.85. The third-order valence-electron chi connectivity index (χ3n) is 5.50. The lowest BCUT2D eigenvalue weighted by Gasteiger charge is -2.27. The highest BCUT2D eigenvalue weighted by Gasteiger charge is 2.33. The van der Waals surface area contributed by atoms with Crippen LogP contribution in [0.25, 0.3) is 17.0 Å². The molecule has 6 rings (SSSR count). The average Bonchev–Trinajstić information content (AvgIpc) is 3.22. The number of ether oxygens (including phenoxy) is 1. The zero-order chi connectivity index (χ0) is 21.8. The van der Waals surface area contributed by atoms with E-state index in [1.54, 1.807) is 41.2 Å². The highest BCUT2D eigenvalue weighted by molar-refractivity contribution is 6.36. The number of hydrogen-bond acceptors (Lipinski definition) is 5. The van der Waals surface area contributed by atoms with Crippen molar-refractivity contribution in [2.24, 2.45) is 0 Å². The van der Waals surface area contributed by atoms with Gasteiger partial charge in [0.2, 0.25) is 5.88 Å². The second kappa shape index (κ2) is 7.22. The molecule has 1 atom stereocenters. The van der Waals surface area contributed by atoms with Crippen molar-refractivity contribution in [2.45, 2.75) is 5.92 Å². The standard InChI is InChI=1S/C24H14Cl2N4O2/c25-14-6-8-16(18(26)10-14)22-28-23-21-20(13-4-2-1-3-5-13)17-9-7-15(31)11-19(17)32-24(21)27-12-30(23)29-22/h1-12,20,31H. The number of rotatable bonds is 2. The van der Waals surface area contributed by atoms with E-state index in [-0.39, 0.29) is 11.7 Å². The van der Waals surface area contributed by atoms with Crippen molar-refractivity contribution in [3.63, 3.8) is 0 Å². The van der Waals surface area contributed by atoms with Gasteiger partial charge >= 0.3 is 0 Å². The molecule has 1 aliphatic rings. The summed E-state index contributed by atoms with van der Waals surface area (Å²) in [5, 5.41) is 15.6. The Bertz CT molecular complexity index is 1500. The molecule has 1 unspecified atom stereocenters. The number of fused-ring (bicyclic) bond motifs is 4. The van der Waals surface area contributed by atoms with E-state index < -0.39 is 0 Å². The maximum absolute atomic E-state index is 9.99. The zero-order valence-electron chi connectivity index (χ0n) is 16.4. The molecule has 3 aromatic carbocycles. The van der Waals surface area contributed by atoms with Crippen molar-refractivity contribution in [3.8, 4) is 28.8 Å². The molecule has 0 saturated carbocycles. The average molecular weight is 461 g/mol. The van der Waals surface area contributed by atoms with E-state index in [1.165, 1.54) is 0 Å². The molecule has 0 amide bonds. The van der Waals surface area contributed by atoms with Crippen LogP contribution in [0.2, 0.25) is 10.0 Å². The first-order chi connectivity index (χ1) is 15.6. The Kier molecular flexibility index (Phi) is 4.31. The number of benzene rings is 3. The normalized spacial score (nSPS) is 14.6. The van der Waals surface area contributed by atoms with Crippen molar-refractivity contribution in [1.29, 1.82) is 0 Å². The van der Waals surface area contributed by atoms with Crippen molar-refractivity contribution < 1.29 is 9.84 Å². The summed E-state index contributed by atoms with van der Waals surface area (Å²) >= 11 is 12.5. The van der Waals surface area contributed by atoms with E-state index in [0.717, 1.165) is 16.7 Å². The van der Waals surface area contributed by atoms with Gasteiger partial charge in [0.05, 0.1) is 10.6 Å². The first-order valence-corrected chi connectivity index (χ1v) is 10.6. The quantitative estimate of drug-likeness (QED) is 0.338. The van der Waals surface area contributed by atoms with Crippen LogP contribution >= 0.6 is 23.2 Å². The van der Waals surface area contributed by atoms with Gasteiger partial charge in [-0.05, 0) is 29.8 Å². The summed E-state index contributed by atoms with van der Waals surface area (Å²) in [5.41, 5.74) is 4.04. The van der Waals surface area contributed by atoms with E-state index in [9.17, 15) is 5.11 Å². The van der Waals surface area contributed by atoms with E-state index in [0.29, 0.717) is 38.7 Å². The molecule has 2 aromatic heterocycles. The van der Waals surface area contributed by atoms with Gasteiger partial charge in [-0.2, -0.15) is 0 Å². The van der Waals surface area contributed by atoms with Gasteiger partial charge < -0.3 is 9.84 Å². The second-order valence-electron chi connectivity index (χ2n) is 7.46. The molecule has 0 aliphatic carbocycles. The maximum Gasteiger partial charge on any atom is 0.228 e. The molecule has 156 valence electrons. The van der Waals surface area contributed by atoms with Crippen molar-refractivity contribution >= 4 is 28.8 Å². The number of halogens is 2. The van der Waals surface area contributed by atoms with Gasteiger partial charge in [-0.25, -0.2) is 14.5 Å². The fourth-order valence-electron chi connectivity index (χ4n) is 4.08. The van der Waals surface area contributed by atoms with Gasteiger partial charge in [0.25, 0.3) is 0 Å². The molecule has 6 nitrogen and oxygen atoms in total. The Morgan fingerprint density at radius 1 is 0.969 bits per heavy atom. The molecule has 1 aliphatic heterocycles. The largest absolute Gasteiger partial charge is 0.508 e. The van der Waals surface area contributed by atoms with Gasteiger partial charge in [0, 0.05) is 28.1 Å². The minimum absolute atomic E-state index is 0.127. The van der Waals surface area contributed by atoms with Gasteiger partial charge in [0.15, 0.2) is 11.5 Å². The minimum Gasteiger partial charge on any atom is -0.508 e. The second-order valence-corrected chi connectivity index (χ2v) is 8.30. The molecule has 0 spiro atoms. The van der Waals surface area contributed by atoms with Crippen LogP contribution < -0.4 is 4.74 Å². The number of phenols is 1. The van der Waals surface area contributed by atoms with Crippen LogP contribution in [-0.2, 0) is 0 Å². The third-order valence-corrected chi connectivity index (χ3v) is 6.04. The lowest BCUT2D eigenvalue weighted by Crippen LogP contribution is -2.14. The Hall–Kier alpha value is -3.61. The van der Waals surface area contributed by atoms with Crippen LogP contribution in [0.1, 0.15) is 22.6 Å². The SMILES string of the molecule is Oc1ccc2c(c1)Oc1ncn3nc(-c4ccc(Cl)cc4Cl)nc3c1C2c1ccccc1. The lowest BCUT2D eigenvalue weighted by atomic mass is 9.84. The smallest absolute Gasteiger partial charge is 0.228 e. The highest BCUT2D eigenvalue weighted by Crippen LogP contribution is 2.48. The molecule has 5 aromatic rings. The molecule has 1 N–H and O–H groups in total. The Balaban J connectivity index is 1.61. The predicted octanol–water partition coefficient (Wildman–Crippen LogP) is 6.09. The molecule has 8 heteroatoms. The molecule has 0 saturated heterocycles. The summed E-state index contributed by atoms with van der Waals surface area (Å²) < 4.78 is 7.71. The molecule has 0 bridgehead atoms. The predicted molar refractivity (Wildman–Crippen MR) is 122 cm³/mol. The van der Waals surface area contributed by atoms with Gasteiger partial charge in [0.1, 0.15) is 17.8 Å². The van der Waals surface area contributed by atoms with E-state index in [1.807, 2.05) is 36.4 Å². The number of hydrogen-bond donors (Lipinski definition) is 1. The van der Waals surface area contributed by atoms with Crippen molar-refractivity contribution in [1.82, 2.24) is 19.6 Å². The van der Waals surface area contributed by atoms with Crippen molar-refractivity contribution in [3.05, 3.63) is 99.8 Å². The number of phenolic OH excluding ortho intramolecular Hbond substituents is 1. The van der Waals surface area contributed by atoms with Gasteiger partial charge in [-0.15, -0.1) is 5.10 Å². The van der Waals surface area contributed by atoms with Crippen LogP contribution in [0.5, 0.6) is 17.4 Å². The highest BCUT2D eigenvalue weighted by atomic mass is 35.5. The molecule has 32 heavy (non-hydrogen) atoms. The third kappa shape index (κ3) is 2.99. The minimum atomic E-state index is -0.204. The Morgan fingerprint density at radius 3 is 2.62 bits per heavy atom. The molecular formula is C24H14Cl2N4O2. The van der Waals surface area contributed by atoms with Crippen molar-refractivity contribution in [2.75, 3.05) is 0 Å². The van der Waals surface area contributed by atoms with Crippen LogP contribution in [0, 0.1) is 0 Å². The van der Waals surface area contributed by atoms with E-state index in [4.69, 9.17) is 32.9 Å². The fourth-order valence-corrected chi connectivity index (χ4v) is 4.57. The summed E-state index contributed by atoms with van der Waals surface area (Å²) in [6, 6.07) is 20.4. The monoisotopic (exact) mass is 460 g/mol. The topological polar surface area (TPSA) is 72.5 Å². The van der Waals surface area contributed by atoms with Crippen LogP contribution in [0.4, 0.5) is 0 Å². The summed E-state index contributed by atoms with van der Waals surface area (Å²) in [6.45, 7) is 0. The van der Waals surface area contributed by atoms with Crippen LogP contribution in [0.3, 0.4) is 0 Å². The summed E-state index contributed by atoms with van der Waals surface area (Å²) in [4.78, 5) is 9.31. The van der Waals surface area contributed by atoms with E-state index >= 15 is 0 Å². The van der Waals surface area contributed by atoms with Crippen LogP contribution in [0.15, 0.2) is 73.1 Å². The summed E-state index contributed by atoms with van der Waals surface area (Å²) in [5.74, 6) is 1.37. The number of aromatic hydroxyl groups is 1. The molecule has 3 heterocycles. The lowest BCUT2D eigenvalue weighted by molar-refractivity contribution is 0.422. The summed E-state index contributed by atoms with van der Waals surface area (Å²) in [6.07, 6.45) is 1.56. The first kappa shape index (κ1) is 19.1. The Morgan fingerprint density at radius 2 is 1.81 bits per heavy atom. The van der Waals surface area contributed by atoms with Gasteiger partial charge in [-0.1, -0.05) is 59.6 Å². The number of aromatic nitrogens is 4. The fraction of sp³-hybridized carbons (Fsp3) is 0.0417.